The van der Waals surface area contributed by atoms with Gasteiger partial charge in [0.1, 0.15) is 0 Å². The minimum atomic E-state index is -0.981. The van der Waals surface area contributed by atoms with E-state index in [9.17, 15) is 0 Å². The molecule has 0 nitrogen and oxygen atoms in total. The highest BCUT2D eigenvalue weighted by Gasteiger charge is 2.58. The standard InChI is InChI=1S/C16H33PSi2/c1-18(2,3)17(19(4,5)6)16-10-13-7-14(11-16)9-15(8-13)12-16/h13-15H,7-12H2,1-6H3. The van der Waals surface area contributed by atoms with Gasteiger partial charge in [0.25, 0.3) is 0 Å². The highest BCUT2D eigenvalue weighted by atomic mass is 31.6. The van der Waals surface area contributed by atoms with Gasteiger partial charge in [-0.1, -0.05) is 39.3 Å². The Kier molecular flexibility index (Phi) is 3.45. The van der Waals surface area contributed by atoms with Gasteiger partial charge in [0.2, 0.25) is 0 Å². The lowest BCUT2D eigenvalue weighted by Gasteiger charge is -2.64. The lowest BCUT2D eigenvalue weighted by Crippen LogP contribution is -2.55. The summed E-state index contributed by atoms with van der Waals surface area (Å²) in [6.45, 7) is 16.2. The molecule has 4 fully saturated rings. The first-order chi connectivity index (χ1) is 8.60. The Morgan fingerprint density at radius 1 is 0.684 bits per heavy atom. The van der Waals surface area contributed by atoms with Crippen LogP contribution in [0.1, 0.15) is 38.5 Å². The zero-order chi connectivity index (χ0) is 14.1. The van der Waals surface area contributed by atoms with Crippen molar-refractivity contribution in [3.8, 4) is 0 Å². The van der Waals surface area contributed by atoms with E-state index in [2.05, 4.69) is 39.3 Å². The van der Waals surface area contributed by atoms with Gasteiger partial charge >= 0.3 is 0 Å². The second-order valence-electron chi connectivity index (χ2n) is 9.82. The molecule has 0 saturated heterocycles. The van der Waals surface area contributed by atoms with Crippen molar-refractivity contribution in [2.24, 2.45) is 17.8 Å². The average molecular weight is 313 g/mol. The van der Waals surface area contributed by atoms with Crippen LogP contribution < -0.4 is 0 Å². The lowest BCUT2D eigenvalue weighted by atomic mass is 9.56. The smallest absolute Gasteiger partial charge is 0.0686 e. The summed E-state index contributed by atoms with van der Waals surface area (Å²) in [5.41, 5.74) is 0. The molecule has 4 aliphatic rings. The molecule has 0 N–H and O–H groups in total. The predicted octanol–water partition coefficient (Wildman–Crippen LogP) is 6.11. The SMILES string of the molecule is C[Si](C)(C)P(C12CC3CC(CC(C3)C1)C2)[Si](C)(C)C. The van der Waals surface area contributed by atoms with Gasteiger partial charge in [-0.3, -0.25) is 0 Å². The Bertz CT molecular complexity index is 315. The highest BCUT2D eigenvalue weighted by Crippen LogP contribution is 2.74. The van der Waals surface area contributed by atoms with Gasteiger partial charge in [-0.2, -0.15) is 0 Å². The van der Waals surface area contributed by atoms with Crippen LogP contribution in [0.15, 0.2) is 0 Å². The van der Waals surface area contributed by atoms with Crippen molar-refractivity contribution in [2.45, 2.75) is 83.0 Å². The third-order valence-corrected chi connectivity index (χ3v) is 33.0. The molecular weight excluding hydrogens is 279 g/mol. The zero-order valence-corrected chi connectivity index (χ0v) is 16.8. The monoisotopic (exact) mass is 312 g/mol. The van der Waals surface area contributed by atoms with E-state index in [1.807, 2.05) is 0 Å². The third-order valence-electron chi connectivity index (χ3n) is 5.82. The van der Waals surface area contributed by atoms with Gasteiger partial charge in [0.05, 0.1) is 15.5 Å². The molecule has 0 spiro atoms. The molecular formula is C16H33PSi2. The highest BCUT2D eigenvalue weighted by molar-refractivity contribution is 8.19. The van der Waals surface area contributed by atoms with Crippen molar-refractivity contribution in [1.29, 1.82) is 0 Å². The normalized spacial score (nSPS) is 42.2. The summed E-state index contributed by atoms with van der Waals surface area (Å²) in [6, 6.07) is 0. The minimum Gasteiger partial charge on any atom is -0.123 e. The van der Waals surface area contributed by atoms with Crippen LogP contribution in [0.5, 0.6) is 0 Å². The first kappa shape index (κ1) is 14.8. The number of hydrogen-bond donors (Lipinski definition) is 0. The Hall–Kier alpha value is 0.864. The largest absolute Gasteiger partial charge is 0.123 e. The summed E-state index contributed by atoms with van der Waals surface area (Å²) < 4.78 is 0. The molecule has 110 valence electrons. The second-order valence-corrected chi connectivity index (χ2v) is 32.2. The van der Waals surface area contributed by atoms with Gasteiger partial charge in [0.15, 0.2) is 0 Å². The summed E-state index contributed by atoms with van der Waals surface area (Å²) in [7, 11) is -1.60. The molecule has 0 aromatic carbocycles. The molecule has 0 unspecified atom stereocenters. The molecule has 4 aliphatic carbocycles. The van der Waals surface area contributed by atoms with E-state index in [1.54, 1.807) is 38.5 Å². The molecule has 0 radical (unpaired) electrons. The van der Waals surface area contributed by atoms with E-state index in [-0.39, 0.29) is 0 Å². The lowest BCUT2D eigenvalue weighted by molar-refractivity contribution is 0.0368. The van der Waals surface area contributed by atoms with E-state index in [1.165, 1.54) is 0 Å². The first-order valence-corrected chi connectivity index (χ1v) is 18.4. The molecule has 0 atom stereocenters. The Labute approximate surface area is 123 Å². The van der Waals surface area contributed by atoms with Crippen LogP contribution in [0, 0.1) is 17.8 Å². The maximum Gasteiger partial charge on any atom is 0.0686 e. The minimum absolute atomic E-state index is 0.361. The van der Waals surface area contributed by atoms with Crippen molar-refractivity contribution >= 4 is 22.5 Å². The Morgan fingerprint density at radius 3 is 1.26 bits per heavy atom. The van der Waals surface area contributed by atoms with E-state index in [0.717, 1.165) is 22.9 Å². The van der Waals surface area contributed by atoms with Crippen molar-refractivity contribution in [2.75, 3.05) is 0 Å². The summed E-state index contributed by atoms with van der Waals surface area (Å²) in [4.78, 5) is 0. The molecule has 4 bridgehead atoms. The molecule has 3 heteroatoms. The van der Waals surface area contributed by atoms with Crippen molar-refractivity contribution in [3.63, 3.8) is 0 Å². The van der Waals surface area contributed by atoms with Crippen LogP contribution in [0.2, 0.25) is 39.3 Å². The maximum absolute atomic E-state index is 2.70. The van der Waals surface area contributed by atoms with Crippen LogP contribution >= 0.6 is 7.02 Å². The first-order valence-electron chi connectivity index (χ1n) is 8.41. The zero-order valence-electron chi connectivity index (χ0n) is 13.9. The molecule has 0 aromatic heterocycles. The maximum atomic E-state index is 2.70. The van der Waals surface area contributed by atoms with Crippen LogP contribution in [0.3, 0.4) is 0 Å². The van der Waals surface area contributed by atoms with Crippen LogP contribution in [0.4, 0.5) is 0 Å². The Morgan fingerprint density at radius 2 is 1.00 bits per heavy atom. The topological polar surface area (TPSA) is 0 Å². The summed E-state index contributed by atoms with van der Waals surface area (Å²) >= 11 is 0. The summed E-state index contributed by atoms with van der Waals surface area (Å²) in [5.74, 6) is 3.43. The quantitative estimate of drug-likeness (QED) is 0.436. The van der Waals surface area contributed by atoms with Crippen molar-refractivity contribution < 1.29 is 0 Å². The fraction of sp³-hybridized carbons (Fsp3) is 1.00. The van der Waals surface area contributed by atoms with Crippen LogP contribution in [-0.4, -0.2) is 20.6 Å². The van der Waals surface area contributed by atoms with Gasteiger partial charge < -0.3 is 0 Å². The fourth-order valence-corrected chi connectivity index (χ4v) is 47.3. The van der Waals surface area contributed by atoms with E-state index in [0.29, 0.717) is 7.02 Å². The Balaban J connectivity index is 1.98. The molecule has 19 heavy (non-hydrogen) atoms. The van der Waals surface area contributed by atoms with E-state index < -0.39 is 15.5 Å². The van der Waals surface area contributed by atoms with E-state index >= 15 is 0 Å². The molecule has 0 aliphatic heterocycles. The molecule has 4 rings (SSSR count). The third kappa shape index (κ3) is 2.55. The van der Waals surface area contributed by atoms with Gasteiger partial charge in [-0.15, -0.1) is 7.02 Å². The van der Waals surface area contributed by atoms with Crippen molar-refractivity contribution in [3.05, 3.63) is 0 Å². The van der Waals surface area contributed by atoms with E-state index in [4.69, 9.17) is 0 Å². The van der Waals surface area contributed by atoms with Gasteiger partial charge in [-0.25, -0.2) is 0 Å². The molecule has 0 aromatic rings. The number of hydrogen-bond acceptors (Lipinski definition) is 0. The van der Waals surface area contributed by atoms with Crippen LogP contribution in [-0.2, 0) is 0 Å². The summed E-state index contributed by atoms with van der Waals surface area (Å²) in [5, 5.41) is 0.874. The van der Waals surface area contributed by atoms with Crippen molar-refractivity contribution in [1.82, 2.24) is 0 Å². The molecule has 4 saturated carbocycles. The second kappa shape index (κ2) is 4.43. The molecule has 0 heterocycles. The number of rotatable bonds is 3. The average Bonchev–Trinajstić information content (AvgIpc) is 2.07. The van der Waals surface area contributed by atoms with Gasteiger partial charge in [-0.05, 0) is 61.4 Å². The molecule has 0 amide bonds. The van der Waals surface area contributed by atoms with Crippen LogP contribution in [0.25, 0.3) is 0 Å². The fourth-order valence-electron chi connectivity index (χ4n) is 6.77. The van der Waals surface area contributed by atoms with Gasteiger partial charge in [0, 0.05) is 0 Å². The summed E-state index contributed by atoms with van der Waals surface area (Å²) in [6.07, 6.45) is 9.79. The predicted molar refractivity (Wildman–Crippen MR) is 94.5 cm³/mol.